The third-order valence-corrected chi connectivity index (χ3v) is 5.86. The number of H-pyrrole nitrogens is 1. The Kier molecular flexibility index (Phi) is 5.82. The maximum atomic E-state index is 12.1. The summed E-state index contributed by atoms with van der Waals surface area (Å²) in [5.74, 6) is 0.952. The van der Waals surface area contributed by atoms with Crippen LogP contribution >= 0.6 is 11.3 Å². The number of nitrogens with zero attached hydrogens (tertiary/aromatic N) is 3. The average Bonchev–Trinajstić information content (AvgIpc) is 3.24. The van der Waals surface area contributed by atoms with Crippen LogP contribution in [-0.4, -0.2) is 38.8 Å². The molecular formula is C21H23N5O2S. The second-order valence-corrected chi connectivity index (χ2v) is 8.18. The number of rotatable bonds is 5. The van der Waals surface area contributed by atoms with E-state index in [9.17, 15) is 9.59 Å². The third kappa shape index (κ3) is 4.96. The fourth-order valence-electron chi connectivity index (χ4n) is 3.65. The summed E-state index contributed by atoms with van der Waals surface area (Å²) in [6.07, 6.45) is 3.63. The van der Waals surface area contributed by atoms with Crippen LogP contribution in [0, 0.1) is 0 Å². The molecule has 2 N–H and O–H groups in total. The predicted molar refractivity (Wildman–Crippen MR) is 114 cm³/mol. The molecule has 1 aliphatic rings. The molecule has 8 heteroatoms. The van der Waals surface area contributed by atoms with Gasteiger partial charge in [0.1, 0.15) is 16.5 Å². The van der Waals surface area contributed by atoms with Crippen molar-refractivity contribution in [3.63, 3.8) is 0 Å². The van der Waals surface area contributed by atoms with E-state index in [-0.39, 0.29) is 17.4 Å². The number of carbonyl (C=O) groups is 1. The number of amides is 1. The Hall–Kier alpha value is -2.84. The molecule has 1 amide bonds. The van der Waals surface area contributed by atoms with Crippen LogP contribution in [-0.2, 0) is 11.3 Å². The SMILES string of the molecule is CC(=O)Nc1ccc(CN2CCC(c3nc(-c4nccs4)cc(=O)[nH]3)CC2)cc1. The van der Waals surface area contributed by atoms with Crippen LogP contribution in [0.3, 0.4) is 0 Å². The number of aromatic nitrogens is 3. The molecule has 0 spiro atoms. The lowest BCUT2D eigenvalue weighted by Crippen LogP contribution is -2.33. The molecule has 7 nitrogen and oxygen atoms in total. The number of benzene rings is 1. The van der Waals surface area contributed by atoms with Crippen molar-refractivity contribution >= 4 is 22.9 Å². The van der Waals surface area contributed by atoms with Crippen LogP contribution in [0.5, 0.6) is 0 Å². The molecular weight excluding hydrogens is 386 g/mol. The second-order valence-electron chi connectivity index (χ2n) is 7.28. The Labute approximate surface area is 172 Å². The molecule has 4 rings (SSSR count). The smallest absolute Gasteiger partial charge is 0.251 e. The molecule has 1 saturated heterocycles. The van der Waals surface area contributed by atoms with Crippen LogP contribution in [0.25, 0.3) is 10.7 Å². The minimum Gasteiger partial charge on any atom is -0.326 e. The molecule has 0 aliphatic carbocycles. The van der Waals surface area contributed by atoms with Gasteiger partial charge in [0.05, 0.1) is 0 Å². The Balaban J connectivity index is 1.37. The van der Waals surface area contributed by atoms with Crippen molar-refractivity contribution in [2.45, 2.75) is 32.2 Å². The normalized spacial score (nSPS) is 15.3. The molecule has 0 bridgehead atoms. The van der Waals surface area contributed by atoms with Gasteiger partial charge in [-0.25, -0.2) is 9.97 Å². The lowest BCUT2D eigenvalue weighted by molar-refractivity contribution is -0.114. The Bertz CT molecular complexity index is 1020. The van der Waals surface area contributed by atoms with E-state index in [1.165, 1.54) is 29.9 Å². The zero-order chi connectivity index (χ0) is 20.2. The number of piperidine rings is 1. The first-order valence-electron chi connectivity index (χ1n) is 9.67. The van der Waals surface area contributed by atoms with Crippen LogP contribution in [0.2, 0.25) is 0 Å². The summed E-state index contributed by atoms with van der Waals surface area (Å²) in [6, 6.07) is 9.48. The summed E-state index contributed by atoms with van der Waals surface area (Å²) in [5.41, 5.74) is 2.56. The van der Waals surface area contributed by atoms with Crippen LogP contribution in [0.1, 0.15) is 37.1 Å². The van der Waals surface area contributed by atoms with E-state index in [4.69, 9.17) is 0 Å². The van der Waals surface area contributed by atoms with Gasteiger partial charge in [-0.1, -0.05) is 12.1 Å². The Morgan fingerprint density at radius 3 is 2.69 bits per heavy atom. The first kappa shape index (κ1) is 19.5. The highest BCUT2D eigenvalue weighted by Crippen LogP contribution is 2.27. The molecule has 150 valence electrons. The van der Waals surface area contributed by atoms with Crippen molar-refractivity contribution in [3.05, 3.63) is 63.7 Å². The van der Waals surface area contributed by atoms with E-state index in [1.54, 1.807) is 6.20 Å². The summed E-state index contributed by atoms with van der Waals surface area (Å²) in [5, 5.41) is 5.45. The second kappa shape index (κ2) is 8.67. The number of thiazole rings is 1. The molecule has 3 heterocycles. The largest absolute Gasteiger partial charge is 0.326 e. The number of aromatic amines is 1. The van der Waals surface area contributed by atoms with Crippen molar-refractivity contribution < 1.29 is 4.79 Å². The van der Waals surface area contributed by atoms with E-state index in [0.29, 0.717) is 5.69 Å². The van der Waals surface area contributed by atoms with Crippen molar-refractivity contribution in [2.24, 2.45) is 0 Å². The van der Waals surface area contributed by atoms with Gasteiger partial charge in [-0.2, -0.15) is 0 Å². The lowest BCUT2D eigenvalue weighted by Gasteiger charge is -2.31. The molecule has 29 heavy (non-hydrogen) atoms. The zero-order valence-corrected chi connectivity index (χ0v) is 17.0. The molecule has 0 unspecified atom stereocenters. The van der Waals surface area contributed by atoms with E-state index in [1.807, 2.05) is 29.6 Å². The maximum Gasteiger partial charge on any atom is 0.251 e. The van der Waals surface area contributed by atoms with E-state index < -0.39 is 0 Å². The quantitative estimate of drug-likeness (QED) is 0.675. The topological polar surface area (TPSA) is 91.0 Å². The summed E-state index contributed by atoms with van der Waals surface area (Å²) in [7, 11) is 0. The first-order valence-corrected chi connectivity index (χ1v) is 10.5. The van der Waals surface area contributed by atoms with Crippen LogP contribution < -0.4 is 10.9 Å². The predicted octanol–water partition coefficient (Wildman–Crippen LogP) is 3.23. The van der Waals surface area contributed by atoms with Crippen LogP contribution in [0.4, 0.5) is 5.69 Å². The summed E-state index contributed by atoms with van der Waals surface area (Å²) in [4.78, 5) is 37.5. The van der Waals surface area contributed by atoms with Gasteiger partial charge in [0, 0.05) is 42.7 Å². The van der Waals surface area contributed by atoms with Gasteiger partial charge >= 0.3 is 0 Å². The molecule has 3 aromatic rings. The number of hydrogen-bond acceptors (Lipinski definition) is 6. The summed E-state index contributed by atoms with van der Waals surface area (Å²) < 4.78 is 0. The number of nitrogens with one attached hydrogen (secondary N) is 2. The molecule has 0 radical (unpaired) electrons. The average molecular weight is 410 g/mol. The van der Waals surface area contributed by atoms with E-state index in [0.717, 1.165) is 49.0 Å². The molecule has 0 saturated carbocycles. The Morgan fingerprint density at radius 1 is 1.28 bits per heavy atom. The van der Waals surface area contributed by atoms with Gasteiger partial charge in [-0.05, 0) is 43.6 Å². The molecule has 1 fully saturated rings. The molecule has 1 aromatic carbocycles. The Morgan fingerprint density at radius 2 is 2.03 bits per heavy atom. The van der Waals surface area contributed by atoms with Gasteiger partial charge in [-0.15, -0.1) is 11.3 Å². The van der Waals surface area contributed by atoms with Gasteiger partial charge in [0.2, 0.25) is 5.91 Å². The van der Waals surface area contributed by atoms with Gasteiger partial charge in [0.25, 0.3) is 5.56 Å². The number of hydrogen-bond donors (Lipinski definition) is 2. The number of carbonyl (C=O) groups excluding carboxylic acids is 1. The van der Waals surface area contributed by atoms with Crippen molar-refractivity contribution in [3.8, 4) is 10.7 Å². The monoisotopic (exact) mass is 409 g/mol. The van der Waals surface area contributed by atoms with Gasteiger partial charge < -0.3 is 10.3 Å². The van der Waals surface area contributed by atoms with Gasteiger partial charge in [-0.3, -0.25) is 14.5 Å². The van der Waals surface area contributed by atoms with Crippen molar-refractivity contribution in [1.29, 1.82) is 0 Å². The molecule has 2 aromatic heterocycles. The zero-order valence-electron chi connectivity index (χ0n) is 16.2. The fourth-order valence-corrected chi connectivity index (χ4v) is 4.25. The third-order valence-electron chi connectivity index (χ3n) is 5.07. The highest BCUT2D eigenvalue weighted by molar-refractivity contribution is 7.13. The maximum absolute atomic E-state index is 12.1. The van der Waals surface area contributed by atoms with Crippen molar-refractivity contribution in [2.75, 3.05) is 18.4 Å². The number of likely N-dealkylation sites (tertiary alicyclic amines) is 1. The lowest BCUT2D eigenvalue weighted by atomic mass is 9.95. The summed E-state index contributed by atoms with van der Waals surface area (Å²) >= 11 is 1.49. The minimum absolute atomic E-state index is 0.0644. The minimum atomic E-state index is -0.123. The van der Waals surface area contributed by atoms with Crippen molar-refractivity contribution in [1.82, 2.24) is 19.9 Å². The fraction of sp³-hybridized carbons (Fsp3) is 0.333. The van der Waals surface area contributed by atoms with E-state index >= 15 is 0 Å². The highest BCUT2D eigenvalue weighted by Gasteiger charge is 2.23. The standard InChI is InChI=1S/C21H23N5O2S/c1-14(27)23-17-4-2-15(3-5-17)13-26-9-6-16(7-10-26)20-24-18(12-19(28)25-20)21-22-8-11-29-21/h2-5,8,11-12,16H,6-7,9-10,13H2,1H3,(H,23,27)(H,24,25,28). The van der Waals surface area contributed by atoms with Gasteiger partial charge in [0.15, 0.2) is 0 Å². The molecule has 1 aliphatic heterocycles. The highest BCUT2D eigenvalue weighted by atomic mass is 32.1. The summed E-state index contributed by atoms with van der Waals surface area (Å²) in [6.45, 7) is 4.27. The number of anilines is 1. The van der Waals surface area contributed by atoms with Crippen LogP contribution in [0.15, 0.2) is 46.7 Å². The molecule has 0 atom stereocenters. The first-order chi connectivity index (χ1) is 14.1. The van der Waals surface area contributed by atoms with E-state index in [2.05, 4.69) is 25.2 Å².